The summed E-state index contributed by atoms with van der Waals surface area (Å²) < 4.78 is 20.3. The Kier molecular flexibility index (Phi) is 10.1. The van der Waals surface area contributed by atoms with E-state index in [2.05, 4.69) is 5.32 Å². The highest BCUT2D eigenvalue weighted by atomic mass is 35.5. The molecule has 0 spiro atoms. The smallest absolute Gasteiger partial charge is 0.327 e. The number of halogens is 3. The van der Waals surface area contributed by atoms with Gasteiger partial charge in [-0.1, -0.05) is 49.2 Å². The minimum atomic E-state index is -0.590. The molecule has 188 valence electrons. The summed E-state index contributed by atoms with van der Waals surface area (Å²) in [5.41, 5.74) is 9.70. The molecule has 3 N–H and O–H groups in total. The molecule has 0 saturated heterocycles. The van der Waals surface area contributed by atoms with Crippen LogP contribution in [0.25, 0.3) is 0 Å². The lowest BCUT2D eigenvalue weighted by Gasteiger charge is -2.31. The van der Waals surface area contributed by atoms with E-state index in [4.69, 9.17) is 33.7 Å². The van der Waals surface area contributed by atoms with E-state index in [1.165, 1.54) is 24.1 Å². The zero-order valence-corrected chi connectivity index (χ0v) is 22.6. The van der Waals surface area contributed by atoms with Crippen molar-refractivity contribution >= 4 is 59.8 Å². The van der Waals surface area contributed by atoms with Crippen LogP contribution in [0.4, 0.5) is 26.2 Å². The number of anilines is 3. The molecule has 3 rings (SSSR count). The number of rotatable bonds is 7. The molecule has 5 nitrogen and oxygen atoms in total. The molecule has 0 aromatic heterocycles. The highest BCUT2D eigenvalue weighted by Gasteiger charge is 2.28. The summed E-state index contributed by atoms with van der Waals surface area (Å²) in [5, 5.41) is 4.02. The van der Waals surface area contributed by atoms with Gasteiger partial charge in [0, 0.05) is 21.8 Å². The predicted octanol–water partition coefficient (Wildman–Crippen LogP) is 7.76. The van der Waals surface area contributed by atoms with Crippen molar-refractivity contribution in [3.8, 4) is 5.75 Å². The van der Waals surface area contributed by atoms with Gasteiger partial charge in [0.05, 0.1) is 24.5 Å². The van der Waals surface area contributed by atoms with Gasteiger partial charge in [-0.15, -0.1) is 0 Å². The SMILES string of the molecule is CCc1c(N)cc(Cl)c(CC)c1NC(=O)N(c1ccc(OC)cc1F)[C@@H](C)c1ccc(Cl)cc1.S. The molecule has 0 radical (unpaired) electrons. The second kappa shape index (κ2) is 12.4. The van der Waals surface area contributed by atoms with Crippen molar-refractivity contribution in [2.24, 2.45) is 0 Å². The van der Waals surface area contributed by atoms with Crippen LogP contribution in [0.3, 0.4) is 0 Å². The van der Waals surface area contributed by atoms with Crippen LogP contribution in [-0.4, -0.2) is 13.1 Å². The fourth-order valence-corrected chi connectivity index (χ4v) is 4.47. The number of ether oxygens (including phenoxy) is 1. The average molecular weight is 539 g/mol. The number of benzene rings is 3. The number of carbonyl (C=O) groups is 1. The molecule has 2 amide bonds. The largest absolute Gasteiger partial charge is 0.497 e. The van der Waals surface area contributed by atoms with E-state index >= 15 is 4.39 Å². The van der Waals surface area contributed by atoms with E-state index in [0.29, 0.717) is 40.0 Å². The number of nitrogens with one attached hydrogen (secondary N) is 1. The van der Waals surface area contributed by atoms with Gasteiger partial charge in [0.1, 0.15) is 5.75 Å². The minimum absolute atomic E-state index is 0. The van der Waals surface area contributed by atoms with E-state index < -0.39 is 17.9 Å². The third kappa shape index (κ3) is 6.15. The second-order valence-corrected chi connectivity index (χ2v) is 8.68. The molecule has 0 bridgehead atoms. The van der Waals surface area contributed by atoms with Gasteiger partial charge in [-0.2, -0.15) is 13.5 Å². The standard InChI is InChI=1S/C26H28Cl2FN3O2.H2S/c1-5-19-21(28)14-23(30)20(6-2)25(19)31-26(33)32(15(3)16-7-9-17(27)10-8-16)24-12-11-18(34-4)13-22(24)29;/h7-15H,5-6,30H2,1-4H3,(H,31,33);1H2/t15-;/m0./s1. The van der Waals surface area contributed by atoms with Crippen LogP contribution in [0.2, 0.25) is 10.0 Å². The number of methoxy groups -OCH3 is 1. The number of amides is 2. The fraction of sp³-hybridized carbons (Fsp3) is 0.269. The number of nitrogen functional groups attached to an aromatic ring is 1. The number of nitrogens with two attached hydrogens (primary N) is 1. The Labute approximate surface area is 222 Å². The maximum absolute atomic E-state index is 15.2. The van der Waals surface area contributed by atoms with Gasteiger partial charge in [-0.25, -0.2) is 9.18 Å². The van der Waals surface area contributed by atoms with Crippen LogP contribution < -0.4 is 20.7 Å². The Morgan fingerprint density at radius 1 is 1.09 bits per heavy atom. The molecule has 0 saturated carbocycles. The summed E-state index contributed by atoms with van der Waals surface area (Å²) >= 11 is 12.5. The zero-order valence-electron chi connectivity index (χ0n) is 20.1. The summed E-state index contributed by atoms with van der Waals surface area (Å²) in [6.07, 6.45) is 1.18. The maximum Gasteiger partial charge on any atom is 0.327 e. The van der Waals surface area contributed by atoms with E-state index in [-0.39, 0.29) is 19.2 Å². The third-order valence-electron chi connectivity index (χ3n) is 5.83. The molecule has 9 heteroatoms. The number of carbonyl (C=O) groups excluding carboxylic acids is 1. The maximum atomic E-state index is 15.2. The summed E-state index contributed by atoms with van der Waals surface area (Å²) in [5.74, 6) is -0.239. The highest BCUT2D eigenvalue weighted by Crippen LogP contribution is 2.36. The number of urea groups is 1. The molecule has 0 aliphatic rings. The molecular formula is C26H30Cl2FN3O2S. The van der Waals surface area contributed by atoms with Crippen LogP contribution in [0, 0.1) is 5.82 Å². The summed E-state index contributed by atoms with van der Waals surface area (Å²) in [6, 6.07) is 12.1. The lowest BCUT2D eigenvalue weighted by molar-refractivity contribution is 0.255. The zero-order chi connectivity index (χ0) is 25.0. The summed E-state index contributed by atoms with van der Waals surface area (Å²) in [7, 11) is 1.46. The highest BCUT2D eigenvalue weighted by molar-refractivity contribution is 7.59. The first-order valence-electron chi connectivity index (χ1n) is 11.0. The Morgan fingerprint density at radius 3 is 2.26 bits per heavy atom. The minimum Gasteiger partial charge on any atom is -0.497 e. The van der Waals surface area contributed by atoms with Crippen LogP contribution in [0.15, 0.2) is 48.5 Å². The van der Waals surface area contributed by atoms with Gasteiger partial charge in [-0.05, 0) is 66.8 Å². The molecule has 1 atom stereocenters. The van der Waals surface area contributed by atoms with E-state index in [0.717, 1.165) is 16.7 Å². The quantitative estimate of drug-likeness (QED) is 0.302. The molecule has 0 aliphatic carbocycles. The fourth-order valence-electron chi connectivity index (χ4n) is 4.00. The van der Waals surface area contributed by atoms with Crippen LogP contribution in [0.1, 0.15) is 43.5 Å². The predicted molar refractivity (Wildman–Crippen MR) is 149 cm³/mol. The third-order valence-corrected chi connectivity index (χ3v) is 6.42. The van der Waals surface area contributed by atoms with E-state index in [1.54, 1.807) is 36.4 Å². The average Bonchev–Trinajstić information content (AvgIpc) is 2.80. The van der Waals surface area contributed by atoms with Crippen molar-refractivity contribution in [3.05, 3.63) is 81.1 Å². The number of hydrogen-bond donors (Lipinski definition) is 2. The monoisotopic (exact) mass is 537 g/mol. The van der Waals surface area contributed by atoms with Crippen molar-refractivity contribution < 1.29 is 13.9 Å². The van der Waals surface area contributed by atoms with Gasteiger partial charge in [0.25, 0.3) is 0 Å². The van der Waals surface area contributed by atoms with E-state index in [9.17, 15) is 4.79 Å². The first kappa shape index (κ1) is 28.6. The van der Waals surface area contributed by atoms with Crippen molar-refractivity contribution in [1.29, 1.82) is 0 Å². The number of hydrogen-bond acceptors (Lipinski definition) is 3. The Balaban J connectivity index is 0.00000432. The summed E-state index contributed by atoms with van der Waals surface area (Å²) in [6.45, 7) is 5.72. The second-order valence-electron chi connectivity index (χ2n) is 7.83. The van der Waals surface area contributed by atoms with Gasteiger partial charge in [-0.3, -0.25) is 4.90 Å². The first-order chi connectivity index (χ1) is 16.2. The van der Waals surface area contributed by atoms with Gasteiger partial charge >= 0.3 is 6.03 Å². The van der Waals surface area contributed by atoms with Crippen LogP contribution >= 0.6 is 36.7 Å². The lowest BCUT2D eigenvalue weighted by Crippen LogP contribution is -2.38. The first-order valence-corrected chi connectivity index (χ1v) is 11.8. The molecule has 0 fully saturated rings. The number of nitrogens with zero attached hydrogens (tertiary/aromatic N) is 1. The topological polar surface area (TPSA) is 67.6 Å². The molecule has 3 aromatic carbocycles. The lowest BCUT2D eigenvalue weighted by atomic mass is 10.0. The molecule has 0 aliphatic heterocycles. The Morgan fingerprint density at radius 2 is 1.71 bits per heavy atom. The van der Waals surface area contributed by atoms with Gasteiger partial charge < -0.3 is 15.8 Å². The summed E-state index contributed by atoms with van der Waals surface area (Å²) in [4.78, 5) is 15.1. The molecule has 0 unspecified atom stereocenters. The normalized spacial score (nSPS) is 11.4. The van der Waals surface area contributed by atoms with Crippen molar-refractivity contribution in [3.63, 3.8) is 0 Å². The van der Waals surface area contributed by atoms with E-state index in [1.807, 2.05) is 20.8 Å². The molecule has 0 heterocycles. The Bertz CT molecular complexity index is 1160. The molecule has 35 heavy (non-hydrogen) atoms. The van der Waals surface area contributed by atoms with Crippen molar-refractivity contribution in [1.82, 2.24) is 0 Å². The van der Waals surface area contributed by atoms with Gasteiger partial charge in [0.2, 0.25) is 0 Å². The Hall–Kier alpha value is -2.61. The van der Waals surface area contributed by atoms with Gasteiger partial charge in [0.15, 0.2) is 5.82 Å². The molecule has 3 aromatic rings. The molecular weight excluding hydrogens is 508 g/mol. The van der Waals surface area contributed by atoms with Crippen molar-refractivity contribution in [2.45, 2.75) is 39.7 Å². The van der Waals surface area contributed by atoms with Crippen LogP contribution in [0.5, 0.6) is 5.75 Å². The van der Waals surface area contributed by atoms with Crippen molar-refractivity contribution in [2.75, 3.05) is 23.1 Å². The van der Waals surface area contributed by atoms with Crippen LogP contribution in [-0.2, 0) is 12.8 Å².